The summed E-state index contributed by atoms with van der Waals surface area (Å²) in [5.41, 5.74) is 3.39. The Labute approximate surface area is 148 Å². The molecule has 4 rings (SSSR count). The Bertz CT molecular complexity index is 852. The van der Waals surface area contributed by atoms with Crippen LogP contribution in [0.25, 0.3) is 0 Å². The highest BCUT2D eigenvalue weighted by Gasteiger charge is 2.32. The number of nitrogens with zero attached hydrogens (tertiary/aromatic N) is 2. The van der Waals surface area contributed by atoms with Crippen LogP contribution >= 0.6 is 0 Å². The van der Waals surface area contributed by atoms with Gasteiger partial charge in [-0.3, -0.25) is 4.98 Å². The summed E-state index contributed by atoms with van der Waals surface area (Å²) in [6.45, 7) is 1.10. The second kappa shape index (κ2) is 6.86. The number of hydrogen-bond acceptors (Lipinski definition) is 4. The maximum absolute atomic E-state index is 13.1. The minimum absolute atomic E-state index is 0.269. The first-order valence-corrected chi connectivity index (χ1v) is 10.2. The van der Waals surface area contributed by atoms with Crippen LogP contribution in [-0.2, 0) is 27.6 Å². The van der Waals surface area contributed by atoms with Crippen molar-refractivity contribution < 1.29 is 13.2 Å². The van der Waals surface area contributed by atoms with Gasteiger partial charge >= 0.3 is 0 Å². The van der Waals surface area contributed by atoms with Crippen molar-refractivity contribution in [2.24, 2.45) is 0 Å². The highest BCUT2D eigenvalue weighted by atomic mass is 32.2. The molecule has 1 atom stereocenters. The van der Waals surface area contributed by atoms with Crippen LogP contribution in [0, 0.1) is 0 Å². The molecule has 1 fully saturated rings. The minimum Gasteiger partial charge on any atom is -0.371 e. The van der Waals surface area contributed by atoms with Gasteiger partial charge in [0, 0.05) is 31.0 Å². The number of fused-ring (bicyclic) bond motifs is 1. The minimum atomic E-state index is -3.50. The van der Waals surface area contributed by atoms with Crippen molar-refractivity contribution in [3.8, 4) is 0 Å². The third-order valence-electron chi connectivity index (χ3n) is 5.04. The lowest BCUT2D eigenvalue weighted by molar-refractivity contribution is -0.00273. The first-order valence-electron chi connectivity index (χ1n) is 8.78. The summed E-state index contributed by atoms with van der Waals surface area (Å²) in [6, 6.07) is 9.38. The number of ether oxygens (including phenoxy) is 1. The van der Waals surface area contributed by atoms with E-state index in [0.29, 0.717) is 24.6 Å². The van der Waals surface area contributed by atoms with Crippen molar-refractivity contribution in [2.45, 2.75) is 36.7 Å². The van der Waals surface area contributed by atoms with Crippen LogP contribution in [0.4, 0.5) is 0 Å². The molecule has 0 N–H and O–H groups in total. The van der Waals surface area contributed by atoms with Gasteiger partial charge < -0.3 is 4.74 Å². The van der Waals surface area contributed by atoms with Crippen LogP contribution in [0.5, 0.6) is 0 Å². The van der Waals surface area contributed by atoms with E-state index in [1.807, 2.05) is 24.3 Å². The van der Waals surface area contributed by atoms with Gasteiger partial charge in [0.2, 0.25) is 10.0 Å². The molecule has 25 heavy (non-hydrogen) atoms. The standard InChI is InChI=1S/C19H22N2O3S/c22-25(23,18-8-7-15-4-1-2-5-16(15)12-18)21-10-11-24-19(14-21)17-6-3-9-20-13-17/h3,6-9,12-13,19H,1-2,4-5,10-11,14H2/t19-/m1/s1. The largest absolute Gasteiger partial charge is 0.371 e. The second-order valence-electron chi connectivity index (χ2n) is 6.65. The molecule has 1 aliphatic carbocycles. The van der Waals surface area contributed by atoms with E-state index in [1.54, 1.807) is 22.8 Å². The average Bonchev–Trinajstić information content (AvgIpc) is 2.68. The van der Waals surface area contributed by atoms with Gasteiger partial charge in [0.05, 0.1) is 17.6 Å². The molecule has 132 valence electrons. The van der Waals surface area contributed by atoms with Gasteiger partial charge in [-0.25, -0.2) is 8.42 Å². The molecular weight excluding hydrogens is 336 g/mol. The summed E-state index contributed by atoms with van der Waals surface area (Å²) in [4.78, 5) is 4.51. The predicted molar refractivity (Wildman–Crippen MR) is 94.8 cm³/mol. The molecule has 0 amide bonds. The van der Waals surface area contributed by atoms with Gasteiger partial charge in [0.15, 0.2) is 0 Å². The van der Waals surface area contributed by atoms with E-state index in [-0.39, 0.29) is 6.10 Å². The molecule has 0 saturated carbocycles. The van der Waals surface area contributed by atoms with Gasteiger partial charge in [-0.05, 0) is 55.0 Å². The highest BCUT2D eigenvalue weighted by Crippen LogP contribution is 2.29. The van der Waals surface area contributed by atoms with Crippen molar-refractivity contribution in [3.63, 3.8) is 0 Å². The molecule has 1 aliphatic heterocycles. The maximum atomic E-state index is 13.1. The molecule has 1 aromatic heterocycles. The van der Waals surface area contributed by atoms with Crippen LogP contribution in [0.1, 0.15) is 35.6 Å². The first-order chi connectivity index (χ1) is 12.1. The quantitative estimate of drug-likeness (QED) is 0.846. The van der Waals surface area contributed by atoms with Crippen LogP contribution in [0.3, 0.4) is 0 Å². The van der Waals surface area contributed by atoms with Gasteiger partial charge in [-0.1, -0.05) is 12.1 Å². The second-order valence-corrected chi connectivity index (χ2v) is 8.58. The molecule has 0 unspecified atom stereocenters. The molecule has 2 aromatic rings. The average molecular weight is 358 g/mol. The molecule has 1 saturated heterocycles. The van der Waals surface area contributed by atoms with Crippen molar-refractivity contribution in [1.82, 2.24) is 9.29 Å². The van der Waals surface area contributed by atoms with Crippen molar-refractivity contribution in [3.05, 3.63) is 59.4 Å². The summed E-state index contributed by atoms with van der Waals surface area (Å²) in [5.74, 6) is 0. The molecule has 0 radical (unpaired) electrons. The van der Waals surface area contributed by atoms with Gasteiger partial charge in [-0.15, -0.1) is 0 Å². The Morgan fingerprint density at radius 1 is 1.12 bits per heavy atom. The molecule has 0 spiro atoms. The lowest BCUT2D eigenvalue weighted by Gasteiger charge is -2.32. The Balaban J connectivity index is 1.59. The van der Waals surface area contributed by atoms with Crippen LogP contribution in [0.15, 0.2) is 47.6 Å². The van der Waals surface area contributed by atoms with Gasteiger partial charge in [0.1, 0.15) is 0 Å². The van der Waals surface area contributed by atoms with E-state index in [4.69, 9.17) is 4.74 Å². The fourth-order valence-corrected chi connectivity index (χ4v) is 5.11. The molecule has 5 nitrogen and oxygen atoms in total. The van der Waals surface area contributed by atoms with Gasteiger partial charge in [0.25, 0.3) is 0 Å². The number of benzene rings is 1. The number of aryl methyl sites for hydroxylation is 2. The Morgan fingerprint density at radius 2 is 1.96 bits per heavy atom. The highest BCUT2D eigenvalue weighted by molar-refractivity contribution is 7.89. The van der Waals surface area contributed by atoms with E-state index in [0.717, 1.165) is 24.8 Å². The van der Waals surface area contributed by atoms with Crippen molar-refractivity contribution in [1.29, 1.82) is 0 Å². The van der Waals surface area contributed by atoms with E-state index in [2.05, 4.69) is 4.98 Å². The third kappa shape index (κ3) is 3.34. The van der Waals surface area contributed by atoms with Crippen molar-refractivity contribution >= 4 is 10.0 Å². The Hall–Kier alpha value is -1.76. The maximum Gasteiger partial charge on any atom is 0.243 e. The van der Waals surface area contributed by atoms with Crippen LogP contribution in [-0.4, -0.2) is 37.4 Å². The smallest absolute Gasteiger partial charge is 0.243 e. The number of morpholine rings is 1. The van der Waals surface area contributed by atoms with Gasteiger partial charge in [-0.2, -0.15) is 4.31 Å². The Morgan fingerprint density at radius 3 is 2.76 bits per heavy atom. The number of rotatable bonds is 3. The summed E-state index contributed by atoms with van der Waals surface area (Å²) < 4.78 is 33.5. The third-order valence-corrected chi connectivity index (χ3v) is 6.90. The molecule has 2 heterocycles. The molecule has 2 aliphatic rings. The zero-order valence-corrected chi connectivity index (χ0v) is 14.9. The predicted octanol–water partition coefficient (Wildman–Crippen LogP) is 2.72. The molecular formula is C19H22N2O3S. The number of pyridine rings is 1. The Kier molecular flexibility index (Phi) is 4.58. The number of aromatic nitrogens is 1. The van der Waals surface area contributed by atoms with E-state index in [9.17, 15) is 8.42 Å². The van der Waals surface area contributed by atoms with E-state index in [1.165, 1.54) is 17.5 Å². The molecule has 0 bridgehead atoms. The summed E-state index contributed by atoms with van der Waals surface area (Å²) >= 11 is 0. The summed E-state index contributed by atoms with van der Waals surface area (Å²) in [7, 11) is -3.50. The first kappa shape index (κ1) is 16.7. The summed E-state index contributed by atoms with van der Waals surface area (Å²) in [5, 5.41) is 0. The lowest BCUT2D eigenvalue weighted by atomic mass is 9.92. The topological polar surface area (TPSA) is 59.5 Å². The van der Waals surface area contributed by atoms with E-state index >= 15 is 0 Å². The molecule has 6 heteroatoms. The monoisotopic (exact) mass is 358 g/mol. The number of sulfonamides is 1. The van der Waals surface area contributed by atoms with E-state index < -0.39 is 10.0 Å². The SMILES string of the molecule is O=S(=O)(c1ccc2c(c1)CCCC2)N1CCO[C@@H](c2cccnc2)C1. The van der Waals surface area contributed by atoms with Crippen LogP contribution in [0.2, 0.25) is 0 Å². The zero-order valence-electron chi connectivity index (χ0n) is 14.1. The van der Waals surface area contributed by atoms with Crippen molar-refractivity contribution in [2.75, 3.05) is 19.7 Å². The van der Waals surface area contributed by atoms with Crippen LogP contribution < -0.4 is 0 Å². The molecule has 1 aromatic carbocycles. The summed E-state index contributed by atoms with van der Waals surface area (Å²) in [6.07, 6.45) is 7.52. The lowest BCUT2D eigenvalue weighted by Crippen LogP contribution is -2.42. The fourth-order valence-electron chi connectivity index (χ4n) is 3.63. The number of hydrogen-bond donors (Lipinski definition) is 0. The zero-order chi connectivity index (χ0) is 17.3. The fraction of sp³-hybridized carbons (Fsp3) is 0.421. The normalized spacial score (nSPS) is 21.7.